The maximum absolute atomic E-state index is 12.3. The van der Waals surface area contributed by atoms with Crippen LogP contribution in [0.25, 0.3) is 0 Å². The van der Waals surface area contributed by atoms with Crippen molar-refractivity contribution in [1.29, 1.82) is 0 Å². The summed E-state index contributed by atoms with van der Waals surface area (Å²) < 4.78 is 5.61. The van der Waals surface area contributed by atoms with E-state index in [2.05, 4.69) is 15.9 Å². The van der Waals surface area contributed by atoms with Gasteiger partial charge in [-0.25, -0.2) is 0 Å². The fraction of sp³-hybridized carbons (Fsp3) is 0.500. The molecule has 18 heavy (non-hydrogen) atoms. The fourth-order valence-electron chi connectivity index (χ4n) is 2.06. The van der Waals surface area contributed by atoms with Crippen molar-refractivity contribution in [2.24, 2.45) is 0 Å². The maximum Gasteiger partial charge on any atom is 0.254 e. The van der Waals surface area contributed by atoms with Crippen LogP contribution in [0.2, 0.25) is 0 Å². The number of amides is 1. The normalized spacial score (nSPS) is 19.3. The molecule has 0 saturated carbocycles. The highest BCUT2D eigenvalue weighted by Crippen LogP contribution is 2.21. The van der Waals surface area contributed by atoms with Crippen molar-refractivity contribution in [2.75, 3.05) is 13.1 Å². The highest BCUT2D eigenvalue weighted by Gasteiger charge is 2.25. The molecule has 3 nitrogen and oxygen atoms in total. The van der Waals surface area contributed by atoms with Crippen LogP contribution in [0.4, 0.5) is 0 Å². The summed E-state index contributed by atoms with van der Waals surface area (Å²) in [5.41, 5.74) is 0.703. The molecule has 0 radical (unpaired) electrons. The van der Waals surface area contributed by atoms with Gasteiger partial charge < -0.3 is 9.64 Å². The third kappa shape index (κ3) is 3.25. The minimum atomic E-state index is 0.0890. The van der Waals surface area contributed by atoms with Crippen molar-refractivity contribution in [3.63, 3.8) is 0 Å². The summed E-state index contributed by atoms with van der Waals surface area (Å²) in [6.07, 6.45) is 1.14. The third-order valence-electron chi connectivity index (χ3n) is 2.87. The van der Waals surface area contributed by atoms with Crippen molar-refractivity contribution < 1.29 is 9.53 Å². The topological polar surface area (TPSA) is 29.5 Å². The summed E-state index contributed by atoms with van der Waals surface area (Å²) in [5, 5.41) is 0. The minimum absolute atomic E-state index is 0.0890. The predicted octanol–water partition coefficient (Wildman–Crippen LogP) is 3.08. The Morgan fingerprint density at radius 2 is 2.28 bits per heavy atom. The van der Waals surface area contributed by atoms with E-state index in [0.29, 0.717) is 10.4 Å². The first-order valence-corrected chi connectivity index (χ1v) is 7.18. The Kier molecular flexibility index (Phi) is 4.27. The van der Waals surface area contributed by atoms with E-state index in [1.807, 2.05) is 43.0 Å². The van der Waals surface area contributed by atoms with Crippen molar-refractivity contribution in [1.82, 2.24) is 4.90 Å². The molecule has 0 aromatic heterocycles. The number of halogens is 1. The van der Waals surface area contributed by atoms with Crippen LogP contribution in [-0.2, 0) is 0 Å². The van der Waals surface area contributed by atoms with E-state index in [0.717, 1.165) is 25.3 Å². The number of hydrogen-bond donors (Lipinski definition) is 0. The molecule has 1 fully saturated rings. The van der Waals surface area contributed by atoms with E-state index in [4.69, 9.17) is 4.74 Å². The molecule has 0 aliphatic carbocycles. The quantitative estimate of drug-likeness (QED) is 0.803. The molecule has 1 heterocycles. The van der Waals surface area contributed by atoms with Crippen LogP contribution < -0.4 is 4.74 Å². The minimum Gasteiger partial charge on any atom is -0.491 e. The molecule has 1 atom stereocenters. The van der Waals surface area contributed by atoms with E-state index in [1.54, 1.807) is 0 Å². The Balaban J connectivity index is 2.10. The number of nitrogens with zero attached hydrogens (tertiary/aromatic N) is 1. The van der Waals surface area contributed by atoms with E-state index in [1.165, 1.54) is 0 Å². The molecule has 1 amide bonds. The lowest BCUT2D eigenvalue weighted by atomic mass is 10.2. The predicted molar refractivity (Wildman–Crippen MR) is 75.4 cm³/mol. The molecule has 0 N–H and O–H groups in total. The van der Waals surface area contributed by atoms with E-state index >= 15 is 0 Å². The highest BCUT2D eigenvalue weighted by atomic mass is 79.9. The average molecular weight is 312 g/mol. The molecular weight excluding hydrogens is 294 g/mol. The molecule has 1 aromatic carbocycles. The Labute approximate surface area is 116 Å². The Hall–Kier alpha value is -1.03. The van der Waals surface area contributed by atoms with Crippen LogP contribution in [0.1, 0.15) is 30.6 Å². The first-order valence-electron chi connectivity index (χ1n) is 6.26. The van der Waals surface area contributed by atoms with E-state index in [9.17, 15) is 4.79 Å². The lowest BCUT2D eigenvalue weighted by Crippen LogP contribution is -2.28. The first kappa shape index (κ1) is 13.4. The van der Waals surface area contributed by atoms with Gasteiger partial charge in [0.2, 0.25) is 0 Å². The summed E-state index contributed by atoms with van der Waals surface area (Å²) in [7, 11) is 0. The number of carbonyl (C=O) groups is 1. The molecule has 4 heteroatoms. The number of benzene rings is 1. The van der Waals surface area contributed by atoms with Crippen LogP contribution in [-0.4, -0.2) is 34.8 Å². The second kappa shape index (κ2) is 5.74. The van der Waals surface area contributed by atoms with Gasteiger partial charge in [0, 0.05) is 23.5 Å². The van der Waals surface area contributed by atoms with Gasteiger partial charge in [-0.05, 0) is 38.5 Å². The summed E-state index contributed by atoms with van der Waals surface area (Å²) in [6.45, 7) is 5.56. The summed E-state index contributed by atoms with van der Waals surface area (Å²) >= 11 is 3.55. The fourth-order valence-corrected chi connectivity index (χ4v) is 2.61. The van der Waals surface area contributed by atoms with E-state index in [-0.39, 0.29) is 12.0 Å². The van der Waals surface area contributed by atoms with E-state index < -0.39 is 0 Å². The van der Waals surface area contributed by atoms with Crippen molar-refractivity contribution in [3.8, 4) is 5.75 Å². The molecule has 98 valence electrons. The number of likely N-dealkylation sites (tertiary alicyclic amines) is 1. The van der Waals surface area contributed by atoms with Gasteiger partial charge in [-0.15, -0.1) is 0 Å². The summed E-state index contributed by atoms with van der Waals surface area (Å²) in [6, 6.07) is 7.42. The molecule has 1 unspecified atom stereocenters. The van der Waals surface area contributed by atoms with Crippen LogP contribution in [0.15, 0.2) is 24.3 Å². The van der Waals surface area contributed by atoms with Crippen LogP contribution in [0, 0.1) is 0 Å². The van der Waals surface area contributed by atoms with Crippen LogP contribution >= 0.6 is 15.9 Å². The zero-order chi connectivity index (χ0) is 13.1. The average Bonchev–Trinajstić information content (AvgIpc) is 2.74. The Morgan fingerprint density at radius 1 is 1.50 bits per heavy atom. The Bertz CT molecular complexity index is 434. The van der Waals surface area contributed by atoms with Crippen molar-refractivity contribution >= 4 is 21.8 Å². The van der Waals surface area contributed by atoms with Gasteiger partial charge in [-0.3, -0.25) is 4.79 Å². The number of alkyl halides is 1. The number of rotatable bonds is 3. The van der Waals surface area contributed by atoms with Gasteiger partial charge in [0.05, 0.1) is 6.10 Å². The molecule has 0 spiro atoms. The number of carbonyl (C=O) groups excluding carboxylic acids is 1. The molecule has 1 aromatic rings. The first-order chi connectivity index (χ1) is 8.56. The standard InChI is InChI=1S/C14H18BrNO2/c1-10(2)18-13-5-3-4-11(8-13)14(17)16-7-6-12(15)9-16/h3-5,8,10,12H,6-7,9H2,1-2H3. The zero-order valence-electron chi connectivity index (χ0n) is 10.7. The summed E-state index contributed by atoms with van der Waals surface area (Å²) in [4.78, 5) is 14.6. The molecule has 0 bridgehead atoms. The lowest BCUT2D eigenvalue weighted by molar-refractivity contribution is 0.0792. The molecular formula is C14H18BrNO2. The van der Waals surface area contributed by atoms with Crippen LogP contribution in [0.5, 0.6) is 5.75 Å². The van der Waals surface area contributed by atoms with Gasteiger partial charge in [0.1, 0.15) is 5.75 Å². The number of ether oxygens (including phenoxy) is 1. The van der Waals surface area contributed by atoms with Gasteiger partial charge in [-0.1, -0.05) is 22.0 Å². The zero-order valence-corrected chi connectivity index (χ0v) is 12.3. The van der Waals surface area contributed by atoms with Crippen molar-refractivity contribution in [2.45, 2.75) is 31.2 Å². The second-order valence-electron chi connectivity index (χ2n) is 4.83. The second-order valence-corrected chi connectivity index (χ2v) is 6.13. The molecule has 1 aliphatic rings. The monoisotopic (exact) mass is 311 g/mol. The largest absolute Gasteiger partial charge is 0.491 e. The Morgan fingerprint density at radius 3 is 2.89 bits per heavy atom. The maximum atomic E-state index is 12.3. The van der Waals surface area contributed by atoms with Gasteiger partial charge in [0.25, 0.3) is 5.91 Å². The highest BCUT2D eigenvalue weighted by molar-refractivity contribution is 9.09. The smallest absolute Gasteiger partial charge is 0.254 e. The lowest BCUT2D eigenvalue weighted by Gasteiger charge is -2.16. The number of hydrogen-bond acceptors (Lipinski definition) is 2. The summed E-state index contributed by atoms with van der Waals surface area (Å²) in [5.74, 6) is 0.844. The molecule has 1 saturated heterocycles. The van der Waals surface area contributed by atoms with Gasteiger partial charge in [0.15, 0.2) is 0 Å². The van der Waals surface area contributed by atoms with Crippen LogP contribution in [0.3, 0.4) is 0 Å². The van der Waals surface area contributed by atoms with Gasteiger partial charge in [-0.2, -0.15) is 0 Å². The molecule has 2 rings (SSSR count). The molecule has 1 aliphatic heterocycles. The SMILES string of the molecule is CC(C)Oc1cccc(C(=O)N2CCC(Br)C2)c1. The van der Waals surface area contributed by atoms with Crippen molar-refractivity contribution in [3.05, 3.63) is 29.8 Å². The van der Waals surface area contributed by atoms with Gasteiger partial charge >= 0.3 is 0 Å². The third-order valence-corrected chi connectivity index (χ3v) is 3.62.